The molecule has 2 aliphatic rings. The lowest BCUT2D eigenvalue weighted by atomic mass is 9.87. The third kappa shape index (κ3) is 3.01. The van der Waals surface area contributed by atoms with Gasteiger partial charge in [0.15, 0.2) is 11.9 Å². The predicted octanol–water partition coefficient (Wildman–Crippen LogP) is 0.651. The molecule has 2 aromatic rings. The normalized spacial score (nSPS) is 29.1. The van der Waals surface area contributed by atoms with Crippen LogP contribution in [0.2, 0.25) is 0 Å². The van der Waals surface area contributed by atoms with Gasteiger partial charge in [-0.25, -0.2) is 0 Å². The second-order valence-corrected chi connectivity index (χ2v) is 7.06. The zero-order chi connectivity index (χ0) is 19.9. The summed E-state index contributed by atoms with van der Waals surface area (Å²) in [4.78, 5) is 12.3. The van der Waals surface area contributed by atoms with E-state index in [-0.39, 0.29) is 6.61 Å². The van der Waals surface area contributed by atoms with Crippen LogP contribution in [0.3, 0.4) is 0 Å². The standard InChI is InChI=1S/C21H22O7/c1-26-15-6-3-12(4-7-15)8-13-2-5-14-11-27-21(16(14)9-13)20(25)19(24)18(23)17(10-22)28-21/h2-7,9,17-18,20,22-23,25H,8,10-11H2,1H3/t17-,18?,20+,21?/m1/s1. The molecule has 7 heteroatoms. The summed E-state index contributed by atoms with van der Waals surface area (Å²) in [5.41, 5.74) is 3.35. The fourth-order valence-corrected chi connectivity index (χ4v) is 3.77. The quantitative estimate of drug-likeness (QED) is 0.709. The maximum absolute atomic E-state index is 12.3. The average molecular weight is 386 g/mol. The summed E-state index contributed by atoms with van der Waals surface area (Å²) >= 11 is 0. The number of ether oxygens (including phenoxy) is 3. The zero-order valence-electron chi connectivity index (χ0n) is 15.4. The largest absolute Gasteiger partial charge is 0.497 e. The topological polar surface area (TPSA) is 105 Å². The predicted molar refractivity (Wildman–Crippen MR) is 97.7 cm³/mol. The Morgan fingerprint density at radius 3 is 2.54 bits per heavy atom. The van der Waals surface area contributed by atoms with Crippen molar-refractivity contribution in [2.75, 3.05) is 13.7 Å². The number of rotatable bonds is 4. The maximum atomic E-state index is 12.3. The van der Waals surface area contributed by atoms with Crippen molar-refractivity contribution in [1.29, 1.82) is 0 Å². The molecule has 0 aliphatic carbocycles. The van der Waals surface area contributed by atoms with E-state index in [9.17, 15) is 20.1 Å². The third-order valence-electron chi connectivity index (χ3n) is 5.34. The van der Waals surface area contributed by atoms with E-state index in [1.165, 1.54) is 0 Å². The Morgan fingerprint density at radius 1 is 1.14 bits per heavy atom. The number of hydrogen-bond acceptors (Lipinski definition) is 7. The highest BCUT2D eigenvalue weighted by molar-refractivity contribution is 5.89. The number of ketones is 1. The van der Waals surface area contributed by atoms with Crippen molar-refractivity contribution >= 4 is 5.78 Å². The minimum atomic E-state index is -1.71. The molecule has 2 heterocycles. The van der Waals surface area contributed by atoms with Gasteiger partial charge in [-0.3, -0.25) is 4.79 Å². The van der Waals surface area contributed by atoms with E-state index in [0.29, 0.717) is 12.0 Å². The van der Waals surface area contributed by atoms with Gasteiger partial charge in [0.25, 0.3) is 0 Å². The Labute approximate surface area is 162 Å². The first-order valence-corrected chi connectivity index (χ1v) is 9.06. The van der Waals surface area contributed by atoms with Crippen LogP contribution in [0.25, 0.3) is 0 Å². The number of carbonyl (C=O) groups excluding carboxylic acids is 1. The monoisotopic (exact) mass is 386 g/mol. The molecule has 2 aromatic carbocycles. The molecular weight excluding hydrogens is 364 g/mol. The molecule has 1 fully saturated rings. The minimum absolute atomic E-state index is 0.163. The van der Waals surface area contributed by atoms with Crippen molar-refractivity contribution in [3.05, 3.63) is 64.7 Å². The van der Waals surface area contributed by atoms with E-state index in [4.69, 9.17) is 14.2 Å². The van der Waals surface area contributed by atoms with Crippen LogP contribution in [0, 0.1) is 0 Å². The summed E-state index contributed by atoms with van der Waals surface area (Å²) in [7, 11) is 1.61. The molecule has 0 saturated carbocycles. The molecule has 4 rings (SSSR count). The maximum Gasteiger partial charge on any atom is 0.230 e. The Kier molecular flexibility index (Phi) is 4.95. The summed E-state index contributed by atoms with van der Waals surface area (Å²) < 4.78 is 16.6. The van der Waals surface area contributed by atoms with Crippen LogP contribution < -0.4 is 4.74 Å². The minimum Gasteiger partial charge on any atom is -0.497 e. The van der Waals surface area contributed by atoms with Gasteiger partial charge in [-0.05, 0) is 41.3 Å². The van der Waals surface area contributed by atoms with Crippen LogP contribution in [-0.4, -0.2) is 53.1 Å². The first-order chi connectivity index (χ1) is 13.5. The molecule has 1 saturated heterocycles. The van der Waals surface area contributed by atoms with Crippen molar-refractivity contribution in [3.63, 3.8) is 0 Å². The van der Waals surface area contributed by atoms with Gasteiger partial charge in [-0.2, -0.15) is 0 Å². The van der Waals surface area contributed by atoms with Crippen LogP contribution in [0.15, 0.2) is 42.5 Å². The Morgan fingerprint density at radius 2 is 1.86 bits per heavy atom. The molecule has 148 valence electrons. The van der Waals surface area contributed by atoms with Crippen LogP contribution in [0.4, 0.5) is 0 Å². The molecule has 0 aromatic heterocycles. The molecule has 4 atom stereocenters. The fraction of sp³-hybridized carbons (Fsp3) is 0.381. The molecule has 0 bridgehead atoms. The summed E-state index contributed by atoms with van der Waals surface area (Å²) in [5, 5.41) is 29.9. The number of aliphatic hydroxyl groups is 3. The second-order valence-electron chi connectivity index (χ2n) is 7.06. The molecule has 28 heavy (non-hydrogen) atoms. The molecule has 7 nitrogen and oxygen atoms in total. The van der Waals surface area contributed by atoms with Gasteiger partial charge in [0.1, 0.15) is 18.0 Å². The fourth-order valence-electron chi connectivity index (χ4n) is 3.77. The Hall–Kier alpha value is -2.29. The van der Waals surface area contributed by atoms with E-state index in [1.54, 1.807) is 7.11 Å². The lowest BCUT2D eigenvalue weighted by Gasteiger charge is -2.42. The number of fused-ring (bicyclic) bond motifs is 2. The highest BCUT2D eigenvalue weighted by atomic mass is 16.7. The van der Waals surface area contributed by atoms with Crippen LogP contribution >= 0.6 is 0 Å². The molecule has 1 spiro atoms. The number of carbonyl (C=O) groups is 1. The van der Waals surface area contributed by atoms with Crippen LogP contribution in [0.5, 0.6) is 5.75 Å². The Bertz CT molecular complexity index is 879. The van der Waals surface area contributed by atoms with E-state index < -0.39 is 36.5 Å². The summed E-state index contributed by atoms with van der Waals surface area (Å²) in [6.07, 6.45) is -3.81. The van der Waals surface area contributed by atoms with E-state index in [2.05, 4.69) is 0 Å². The number of aliphatic hydroxyl groups excluding tert-OH is 3. The van der Waals surface area contributed by atoms with E-state index >= 15 is 0 Å². The first-order valence-electron chi connectivity index (χ1n) is 9.06. The molecule has 3 N–H and O–H groups in total. The van der Waals surface area contributed by atoms with Gasteiger partial charge in [-0.1, -0.05) is 24.3 Å². The second kappa shape index (κ2) is 7.27. The highest BCUT2D eigenvalue weighted by Gasteiger charge is 2.58. The van der Waals surface area contributed by atoms with Crippen LogP contribution in [0.1, 0.15) is 22.3 Å². The number of Topliss-reactive ketones (excluding diaryl/α,β-unsaturated/α-hetero) is 1. The van der Waals surface area contributed by atoms with Gasteiger partial charge >= 0.3 is 0 Å². The van der Waals surface area contributed by atoms with Gasteiger partial charge in [0.2, 0.25) is 5.79 Å². The van der Waals surface area contributed by atoms with Crippen molar-refractivity contribution in [3.8, 4) is 5.75 Å². The molecule has 2 unspecified atom stereocenters. The lowest BCUT2D eigenvalue weighted by molar-refractivity contribution is -0.327. The van der Waals surface area contributed by atoms with E-state index in [0.717, 1.165) is 22.4 Å². The van der Waals surface area contributed by atoms with Gasteiger partial charge in [0.05, 0.1) is 20.3 Å². The van der Waals surface area contributed by atoms with Gasteiger partial charge in [-0.15, -0.1) is 0 Å². The first kappa shape index (κ1) is 19.0. The van der Waals surface area contributed by atoms with Crippen molar-refractivity contribution < 1.29 is 34.3 Å². The van der Waals surface area contributed by atoms with Crippen molar-refractivity contribution in [1.82, 2.24) is 0 Å². The average Bonchev–Trinajstić information content (AvgIpc) is 3.08. The summed E-state index contributed by atoms with van der Waals surface area (Å²) in [5.74, 6) is -1.76. The SMILES string of the molecule is COc1ccc(Cc2ccc3c(c2)C2(OC3)O[C@H](CO)C(O)C(=O)[C@@H]2O)cc1. The third-order valence-corrected chi connectivity index (χ3v) is 5.34. The summed E-state index contributed by atoms with van der Waals surface area (Å²) in [6, 6.07) is 13.4. The lowest BCUT2D eigenvalue weighted by Crippen LogP contribution is -2.61. The molecular formula is C21H22O7. The van der Waals surface area contributed by atoms with Gasteiger partial charge in [0, 0.05) is 5.56 Å². The van der Waals surface area contributed by atoms with Crippen LogP contribution in [-0.2, 0) is 33.1 Å². The number of hydrogen-bond donors (Lipinski definition) is 3. The molecule has 0 amide bonds. The van der Waals surface area contributed by atoms with E-state index in [1.807, 2.05) is 42.5 Å². The Balaban J connectivity index is 1.67. The number of methoxy groups -OCH3 is 1. The molecule has 2 aliphatic heterocycles. The zero-order valence-corrected chi connectivity index (χ0v) is 15.4. The highest BCUT2D eigenvalue weighted by Crippen LogP contribution is 2.45. The van der Waals surface area contributed by atoms with Gasteiger partial charge < -0.3 is 29.5 Å². The molecule has 0 radical (unpaired) electrons. The van der Waals surface area contributed by atoms with Crippen molar-refractivity contribution in [2.45, 2.75) is 37.1 Å². The van der Waals surface area contributed by atoms with Crippen molar-refractivity contribution in [2.24, 2.45) is 0 Å². The smallest absolute Gasteiger partial charge is 0.230 e. The number of benzene rings is 2. The summed E-state index contributed by atoms with van der Waals surface area (Å²) in [6.45, 7) is -0.400.